The monoisotopic (exact) mass is 601 g/mol. The van der Waals surface area contributed by atoms with Crippen molar-refractivity contribution in [2.75, 3.05) is 37.7 Å². The van der Waals surface area contributed by atoms with Crippen molar-refractivity contribution < 1.29 is 47.2 Å². The Labute approximate surface area is 300 Å². The normalized spacial score (nSPS) is 17.1. The van der Waals surface area contributed by atoms with Gasteiger partial charge in [-0.05, 0) is 44.3 Å². The molecule has 4 heterocycles. The molecule has 3 aliphatic heterocycles. The summed E-state index contributed by atoms with van der Waals surface area (Å²) in [6.07, 6.45) is 12.5. The predicted molar refractivity (Wildman–Crippen MR) is 177 cm³/mol. The van der Waals surface area contributed by atoms with Crippen LogP contribution in [0.4, 0.5) is 5.82 Å². The molecule has 4 aromatic rings. The van der Waals surface area contributed by atoms with E-state index in [1.165, 1.54) is 44.3 Å². The molecular formula is C38H43Li2N4O2-3. The molecule has 46 heavy (non-hydrogen) atoms. The van der Waals surface area contributed by atoms with E-state index in [0.29, 0.717) is 25.6 Å². The zero-order valence-electron chi connectivity index (χ0n) is 27.7. The summed E-state index contributed by atoms with van der Waals surface area (Å²) in [5.41, 5.74) is 3.16. The summed E-state index contributed by atoms with van der Waals surface area (Å²) >= 11 is 0. The van der Waals surface area contributed by atoms with Gasteiger partial charge in [-0.25, -0.2) is 31.2 Å². The molecule has 7 rings (SSSR count). The number of hydrogen-bond acceptors (Lipinski definition) is 6. The summed E-state index contributed by atoms with van der Waals surface area (Å²) in [4.78, 5) is 14.2. The van der Waals surface area contributed by atoms with Crippen molar-refractivity contribution >= 4 is 16.6 Å². The largest absolute Gasteiger partial charge is 1.00 e. The molecule has 0 aliphatic carbocycles. The molecule has 0 radical (unpaired) electrons. The van der Waals surface area contributed by atoms with Gasteiger partial charge in [0.25, 0.3) is 0 Å². The number of aromatic nitrogens is 2. The summed E-state index contributed by atoms with van der Waals surface area (Å²) in [5, 5.41) is 2.27. The second kappa shape index (κ2) is 17.5. The van der Waals surface area contributed by atoms with Crippen LogP contribution < -0.4 is 52.1 Å². The van der Waals surface area contributed by atoms with Gasteiger partial charge in [0.2, 0.25) is 0 Å². The van der Waals surface area contributed by atoms with E-state index in [1.807, 2.05) is 36.4 Å². The van der Waals surface area contributed by atoms with Crippen molar-refractivity contribution in [1.82, 2.24) is 14.9 Å². The fraction of sp³-hybridized carbons (Fsp3) is 0.368. The van der Waals surface area contributed by atoms with Crippen molar-refractivity contribution in [2.24, 2.45) is 0 Å². The van der Waals surface area contributed by atoms with E-state index in [9.17, 15) is 0 Å². The number of anilines is 1. The van der Waals surface area contributed by atoms with Crippen LogP contribution in [0.2, 0.25) is 0 Å². The Hall–Kier alpha value is -2.58. The molecule has 0 amide bonds. The van der Waals surface area contributed by atoms with Crippen molar-refractivity contribution in [1.29, 1.82) is 0 Å². The van der Waals surface area contributed by atoms with Crippen LogP contribution in [-0.2, 0) is 13.0 Å². The van der Waals surface area contributed by atoms with Gasteiger partial charge < -0.3 is 34.1 Å². The van der Waals surface area contributed by atoms with Gasteiger partial charge in [0.05, 0.1) is 5.54 Å². The molecule has 3 aliphatic rings. The van der Waals surface area contributed by atoms with E-state index in [0.717, 1.165) is 59.5 Å². The summed E-state index contributed by atoms with van der Waals surface area (Å²) in [6, 6.07) is 26.0. The van der Waals surface area contributed by atoms with E-state index in [4.69, 9.17) is 14.5 Å². The first-order valence-corrected chi connectivity index (χ1v) is 16.0. The maximum absolute atomic E-state index is 6.17. The second-order valence-corrected chi connectivity index (χ2v) is 12.0. The fourth-order valence-corrected chi connectivity index (χ4v) is 6.64. The average molecular weight is 602 g/mol. The van der Waals surface area contributed by atoms with Crippen molar-refractivity contribution in [3.63, 3.8) is 0 Å². The van der Waals surface area contributed by atoms with Gasteiger partial charge in [-0.15, -0.1) is 48.1 Å². The third-order valence-electron chi connectivity index (χ3n) is 9.03. The van der Waals surface area contributed by atoms with E-state index in [-0.39, 0.29) is 43.3 Å². The molecule has 0 spiro atoms. The number of hydrogen-bond donors (Lipinski definition) is 0. The molecule has 0 atom stereocenters. The van der Waals surface area contributed by atoms with Crippen LogP contribution in [0.25, 0.3) is 10.8 Å². The minimum atomic E-state index is 0. The molecule has 8 heteroatoms. The molecule has 6 nitrogen and oxygen atoms in total. The summed E-state index contributed by atoms with van der Waals surface area (Å²) in [7, 11) is 0. The maximum atomic E-state index is 6.17. The topological polar surface area (TPSA) is 50.7 Å². The van der Waals surface area contributed by atoms with Crippen molar-refractivity contribution in [3.8, 4) is 11.8 Å². The van der Waals surface area contributed by atoms with Crippen LogP contribution in [0.5, 0.6) is 11.8 Å². The van der Waals surface area contributed by atoms with Crippen LogP contribution in [0, 0.1) is 32.8 Å². The molecule has 0 N–H and O–H groups in total. The quantitative estimate of drug-likeness (QED) is 0.224. The van der Waals surface area contributed by atoms with Gasteiger partial charge in [0.1, 0.15) is 13.2 Å². The number of rotatable bonds is 8. The third kappa shape index (κ3) is 8.86. The van der Waals surface area contributed by atoms with Crippen LogP contribution >= 0.6 is 0 Å². The standard InChI is InChI=1S/C21H30N4O.C17H13O.2Li/c1-3-18-17(2)22-20(23-19(18)24-12-6-4-5-7-13-24)26-16-21-10-8-14-25(21)15-9-11-21;1-2-6-14(7-3-1)13-18-17-11-10-15-8-4-5-9-16(15)12-17;;/h6-7H,1-5,8-16H2;1-9,11-12H,13H2;;/q-4;-1;2*+1. The van der Waals surface area contributed by atoms with Crippen molar-refractivity contribution in [3.05, 3.63) is 116 Å². The molecule has 3 saturated heterocycles. The minimum Gasteiger partial charge on any atom is -0.532 e. The van der Waals surface area contributed by atoms with Gasteiger partial charge in [0.15, 0.2) is 0 Å². The Bertz CT molecular complexity index is 1500. The summed E-state index contributed by atoms with van der Waals surface area (Å²) in [5.74, 6) is 1.80. The van der Waals surface area contributed by atoms with Gasteiger partial charge in [-0.2, -0.15) is 10.5 Å². The maximum Gasteiger partial charge on any atom is 1.00 e. The van der Waals surface area contributed by atoms with E-state index in [2.05, 4.69) is 77.9 Å². The molecular weight excluding hydrogens is 558 g/mol. The average Bonchev–Trinajstić information content (AvgIpc) is 3.53. The Morgan fingerprint density at radius 1 is 0.891 bits per heavy atom. The van der Waals surface area contributed by atoms with Gasteiger partial charge >= 0.3 is 43.7 Å². The molecule has 1 aromatic heterocycles. The van der Waals surface area contributed by atoms with E-state index in [1.54, 1.807) is 0 Å². The van der Waals surface area contributed by atoms with Crippen molar-refractivity contribution in [2.45, 2.75) is 57.1 Å². The van der Waals surface area contributed by atoms with Crippen LogP contribution in [0.15, 0.2) is 66.7 Å². The SMILES string of the molecule is [CH2-]Cc1c([CH2-])nc(OCC23CCCN2CCC3)nc1N1C[CH-]CC[CH-]C1.[Li+].[Li+].[c-]1cc(OCc2ccccc2)cc2ccccc12. The van der Waals surface area contributed by atoms with E-state index >= 15 is 0 Å². The number of fused-ring (bicyclic) bond motifs is 2. The molecule has 0 bridgehead atoms. The van der Waals surface area contributed by atoms with Crippen LogP contribution in [-0.4, -0.2) is 53.2 Å². The number of nitrogens with zero attached hydrogens (tertiary/aromatic N) is 4. The summed E-state index contributed by atoms with van der Waals surface area (Å²) in [6.45, 7) is 13.7. The first-order chi connectivity index (χ1) is 21.6. The zero-order chi connectivity index (χ0) is 30.2. The molecule has 0 unspecified atom stereocenters. The van der Waals surface area contributed by atoms with Crippen LogP contribution in [0.3, 0.4) is 0 Å². The number of benzene rings is 3. The summed E-state index contributed by atoms with van der Waals surface area (Å²) < 4.78 is 11.9. The predicted octanol–water partition coefficient (Wildman–Crippen LogP) is 1.28. The first kappa shape index (κ1) is 36.3. The Balaban J connectivity index is 0.000000212. The fourth-order valence-electron chi connectivity index (χ4n) is 6.64. The van der Waals surface area contributed by atoms with Gasteiger partial charge in [0, 0.05) is 11.6 Å². The molecule has 232 valence electrons. The molecule has 3 fully saturated rings. The Kier molecular flexibility index (Phi) is 13.8. The number of ether oxygens (including phenoxy) is 2. The Morgan fingerprint density at radius 2 is 1.59 bits per heavy atom. The first-order valence-electron chi connectivity index (χ1n) is 16.0. The zero-order valence-corrected chi connectivity index (χ0v) is 27.7. The van der Waals surface area contributed by atoms with E-state index < -0.39 is 0 Å². The second-order valence-electron chi connectivity index (χ2n) is 12.0. The minimum absolute atomic E-state index is 0. The smallest absolute Gasteiger partial charge is 0.532 e. The molecule has 3 aromatic carbocycles. The Morgan fingerprint density at radius 3 is 2.30 bits per heavy atom. The van der Waals surface area contributed by atoms with Gasteiger partial charge in [-0.3, -0.25) is 4.90 Å². The third-order valence-corrected chi connectivity index (χ3v) is 9.03. The van der Waals surface area contributed by atoms with Crippen LogP contribution in [0.1, 0.15) is 55.3 Å². The van der Waals surface area contributed by atoms with Gasteiger partial charge in [-0.1, -0.05) is 54.2 Å². The molecule has 0 saturated carbocycles.